The van der Waals surface area contributed by atoms with Gasteiger partial charge in [-0.25, -0.2) is 9.67 Å². The number of hydrogen-bond donors (Lipinski definition) is 3. The summed E-state index contributed by atoms with van der Waals surface area (Å²) < 4.78 is 33.8. The molecule has 2 atom stereocenters. The number of imidazole rings is 1. The molecule has 0 radical (unpaired) electrons. The number of carbonyl (C=O) groups excluding carboxylic acids is 2. The Balaban J connectivity index is 1.31. The molecule has 4 heterocycles. The number of halogens is 2. The second kappa shape index (κ2) is 12.4. The first-order chi connectivity index (χ1) is 19.4. The van der Waals surface area contributed by atoms with Gasteiger partial charge >= 0.3 is 6.55 Å². The molecule has 1 saturated carbocycles. The normalized spacial score (nSPS) is 19.5. The third kappa shape index (κ3) is 6.35. The predicted molar refractivity (Wildman–Crippen MR) is 142 cm³/mol. The number of morpholine rings is 1. The number of hydrogen-bond acceptors (Lipinski definition) is 9. The molecular weight excluding hydrogens is 526 g/mol. The number of alkyl halides is 2. The van der Waals surface area contributed by atoms with Crippen molar-refractivity contribution in [2.75, 3.05) is 49.6 Å². The van der Waals surface area contributed by atoms with Crippen LogP contribution in [-0.4, -0.2) is 86.5 Å². The summed E-state index contributed by atoms with van der Waals surface area (Å²) >= 11 is 0. The average molecular weight is 559 g/mol. The maximum Gasteiger partial charge on any atom is 0.333 e. The summed E-state index contributed by atoms with van der Waals surface area (Å²) in [6, 6.07) is 0.00796. The van der Waals surface area contributed by atoms with Crippen LogP contribution in [0.5, 0.6) is 0 Å². The summed E-state index contributed by atoms with van der Waals surface area (Å²) in [5, 5.41) is 12.7. The summed E-state index contributed by atoms with van der Waals surface area (Å²) in [6.45, 7) is 3.41. The Hall–Kier alpha value is -4.14. The van der Waals surface area contributed by atoms with Crippen molar-refractivity contribution < 1.29 is 23.1 Å². The first-order valence-corrected chi connectivity index (χ1v) is 13.2. The van der Waals surface area contributed by atoms with E-state index in [1.165, 1.54) is 24.8 Å². The number of anilines is 2. The van der Waals surface area contributed by atoms with E-state index in [1.807, 2.05) is 4.90 Å². The molecule has 0 spiro atoms. The number of fused-ring (bicyclic) bond motifs is 1. The highest BCUT2D eigenvalue weighted by Gasteiger charge is 2.25. The first kappa shape index (κ1) is 27.4. The molecule has 3 aromatic heterocycles. The Morgan fingerprint density at radius 1 is 1.23 bits per heavy atom. The van der Waals surface area contributed by atoms with Gasteiger partial charge in [0.05, 0.1) is 37.8 Å². The molecule has 1 aliphatic heterocycles. The van der Waals surface area contributed by atoms with Crippen molar-refractivity contribution in [1.29, 1.82) is 0 Å². The molecule has 40 heavy (non-hydrogen) atoms. The van der Waals surface area contributed by atoms with Crippen LogP contribution < -0.4 is 20.9 Å². The SMILES string of the molecule is C=CC(=O)NCC1CCCC(NC(=O)CNc2nc(N3CCOCC3)nc3c2ncn3-c2cnn(C(F)F)c2)C1. The lowest BCUT2D eigenvalue weighted by Crippen LogP contribution is -2.43. The van der Waals surface area contributed by atoms with Crippen LogP contribution in [0.25, 0.3) is 16.9 Å². The quantitative estimate of drug-likeness (QED) is 0.316. The van der Waals surface area contributed by atoms with E-state index in [0.717, 1.165) is 25.7 Å². The van der Waals surface area contributed by atoms with Crippen LogP contribution in [0.3, 0.4) is 0 Å². The van der Waals surface area contributed by atoms with E-state index in [2.05, 4.69) is 42.6 Å². The van der Waals surface area contributed by atoms with Gasteiger partial charge in [0.2, 0.25) is 17.8 Å². The summed E-state index contributed by atoms with van der Waals surface area (Å²) in [6.07, 6.45) is 8.83. The lowest BCUT2D eigenvalue weighted by molar-refractivity contribution is -0.120. The smallest absolute Gasteiger partial charge is 0.333 e. The van der Waals surface area contributed by atoms with E-state index in [9.17, 15) is 18.4 Å². The van der Waals surface area contributed by atoms with Gasteiger partial charge in [-0.05, 0) is 31.3 Å². The molecule has 13 nitrogen and oxygen atoms in total. The van der Waals surface area contributed by atoms with Crippen molar-refractivity contribution in [3.05, 3.63) is 31.4 Å². The third-order valence-corrected chi connectivity index (χ3v) is 7.06. The second-order valence-electron chi connectivity index (χ2n) is 9.81. The average Bonchev–Trinajstić information content (AvgIpc) is 3.63. The van der Waals surface area contributed by atoms with E-state index in [1.54, 1.807) is 4.57 Å². The molecule has 214 valence electrons. The zero-order chi connectivity index (χ0) is 28.1. The van der Waals surface area contributed by atoms with Crippen molar-refractivity contribution in [2.24, 2.45) is 5.92 Å². The number of carbonyl (C=O) groups is 2. The molecular formula is C25H32F2N10O3. The predicted octanol–water partition coefficient (Wildman–Crippen LogP) is 1.63. The zero-order valence-electron chi connectivity index (χ0n) is 21.9. The van der Waals surface area contributed by atoms with E-state index in [-0.39, 0.29) is 30.3 Å². The topological polar surface area (TPSA) is 144 Å². The van der Waals surface area contributed by atoms with Gasteiger partial charge in [-0.15, -0.1) is 0 Å². The van der Waals surface area contributed by atoms with Crippen LogP contribution in [0.4, 0.5) is 20.5 Å². The maximum absolute atomic E-state index is 13.1. The lowest BCUT2D eigenvalue weighted by atomic mass is 9.85. The molecule has 15 heteroatoms. The molecule has 3 aromatic rings. The number of nitrogens with one attached hydrogen (secondary N) is 3. The van der Waals surface area contributed by atoms with Crippen LogP contribution in [-0.2, 0) is 14.3 Å². The van der Waals surface area contributed by atoms with Crippen LogP contribution in [0.15, 0.2) is 31.4 Å². The number of amides is 2. The van der Waals surface area contributed by atoms with Gasteiger partial charge in [-0.3, -0.25) is 14.2 Å². The van der Waals surface area contributed by atoms with Gasteiger partial charge in [-0.2, -0.15) is 23.8 Å². The highest BCUT2D eigenvalue weighted by molar-refractivity contribution is 5.88. The van der Waals surface area contributed by atoms with Crippen molar-refractivity contribution in [3.63, 3.8) is 0 Å². The maximum atomic E-state index is 13.1. The second-order valence-corrected chi connectivity index (χ2v) is 9.81. The van der Waals surface area contributed by atoms with Gasteiger partial charge in [0.1, 0.15) is 6.33 Å². The Morgan fingerprint density at radius 3 is 2.80 bits per heavy atom. The standard InChI is InChI=1S/C25H32F2N10O3/c1-2-19(38)28-11-16-4-3-5-17(10-16)32-20(39)13-29-22-21-23(34-25(33-22)35-6-8-40-9-7-35)36(15-30-21)18-12-31-37(14-18)24(26)27/h2,12,14-17,24H,1,3-11,13H2,(H,28,38)(H,32,39)(H,29,33,34). The molecule has 0 bridgehead atoms. The summed E-state index contributed by atoms with van der Waals surface area (Å²) in [5.41, 5.74) is 1.16. The van der Waals surface area contributed by atoms with Gasteiger partial charge in [0.25, 0.3) is 0 Å². The van der Waals surface area contributed by atoms with Crippen LogP contribution in [0.2, 0.25) is 0 Å². The van der Waals surface area contributed by atoms with E-state index < -0.39 is 6.55 Å². The van der Waals surface area contributed by atoms with Gasteiger partial charge in [0, 0.05) is 25.7 Å². The minimum atomic E-state index is -2.77. The highest BCUT2D eigenvalue weighted by atomic mass is 19.3. The van der Waals surface area contributed by atoms with Gasteiger partial charge in [-0.1, -0.05) is 13.0 Å². The first-order valence-electron chi connectivity index (χ1n) is 13.2. The molecule has 1 saturated heterocycles. The third-order valence-electron chi connectivity index (χ3n) is 7.06. The van der Waals surface area contributed by atoms with Crippen molar-refractivity contribution >= 4 is 34.7 Å². The fourth-order valence-electron chi connectivity index (χ4n) is 5.03. The van der Waals surface area contributed by atoms with Crippen molar-refractivity contribution in [2.45, 2.75) is 38.3 Å². The Bertz CT molecular complexity index is 1350. The van der Waals surface area contributed by atoms with Crippen LogP contribution in [0.1, 0.15) is 32.2 Å². The van der Waals surface area contributed by atoms with Crippen molar-refractivity contribution in [3.8, 4) is 5.69 Å². The lowest BCUT2D eigenvalue weighted by Gasteiger charge is -2.30. The molecule has 5 rings (SSSR count). The molecule has 0 aromatic carbocycles. The van der Waals surface area contributed by atoms with Crippen molar-refractivity contribution in [1.82, 2.24) is 39.9 Å². The van der Waals surface area contributed by atoms with Gasteiger partial charge in [0.15, 0.2) is 17.0 Å². The summed E-state index contributed by atoms with van der Waals surface area (Å²) in [5.74, 6) is 0.659. The van der Waals surface area contributed by atoms with Crippen LogP contribution in [0, 0.1) is 5.92 Å². The molecule has 2 amide bonds. The number of ether oxygens (including phenoxy) is 1. The molecule has 2 fully saturated rings. The Morgan fingerprint density at radius 2 is 2.05 bits per heavy atom. The highest BCUT2D eigenvalue weighted by Crippen LogP contribution is 2.26. The summed E-state index contributed by atoms with van der Waals surface area (Å²) in [7, 11) is 0. The minimum absolute atomic E-state index is 0.00796. The molecule has 2 unspecified atom stereocenters. The minimum Gasteiger partial charge on any atom is -0.378 e. The number of aromatic nitrogens is 6. The molecule has 1 aliphatic carbocycles. The number of rotatable bonds is 10. The van der Waals surface area contributed by atoms with E-state index in [4.69, 9.17) is 4.74 Å². The van der Waals surface area contributed by atoms with Gasteiger partial charge < -0.3 is 25.6 Å². The zero-order valence-corrected chi connectivity index (χ0v) is 21.9. The Kier molecular flexibility index (Phi) is 8.48. The van der Waals surface area contributed by atoms with E-state index >= 15 is 0 Å². The molecule has 2 aliphatic rings. The fourth-order valence-corrected chi connectivity index (χ4v) is 5.03. The Labute approximate surface area is 229 Å². The van der Waals surface area contributed by atoms with E-state index in [0.29, 0.717) is 66.1 Å². The summed E-state index contributed by atoms with van der Waals surface area (Å²) in [4.78, 5) is 40.1. The largest absolute Gasteiger partial charge is 0.378 e. The fraction of sp³-hybridized carbons (Fsp3) is 0.520. The molecule has 3 N–H and O–H groups in total. The van der Waals surface area contributed by atoms with Crippen LogP contribution >= 0.6 is 0 Å². The number of nitrogens with zero attached hydrogens (tertiary/aromatic N) is 7. The monoisotopic (exact) mass is 558 g/mol.